The van der Waals surface area contributed by atoms with E-state index < -0.39 is 0 Å². The lowest BCUT2D eigenvalue weighted by molar-refractivity contribution is -0.139. The highest BCUT2D eigenvalue weighted by Gasteiger charge is 2.41. The summed E-state index contributed by atoms with van der Waals surface area (Å²) in [6.07, 6.45) is 4.17. The van der Waals surface area contributed by atoms with Crippen LogP contribution in [0.1, 0.15) is 25.7 Å². The van der Waals surface area contributed by atoms with Gasteiger partial charge in [-0.2, -0.15) is 0 Å². The summed E-state index contributed by atoms with van der Waals surface area (Å²) in [5, 5.41) is 0. The highest BCUT2D eigenvalue weighted by atomic mass is 16.5. The van der Waals surface area contributed by atoms with Gasteiger partial charge in [0.05, 0.1) is 0 Å². The summed E-state index contributed by atoms with van der Waals surface area (Å²) in [6.45, 7) is 0.211. The summed E-state index contributed by atoms with van der Waals surface area (Å²) in [6, 6.07) is 1.05. The van der Waals surface area contributed by atoms with Crippen molar-refractivity contribution in [2.45, 2.75) is 43.8 Å². The minimum Gasteiger partial charge on any atom is -0.375 e. The number of nitrogens with two attached hydrogens (primary N) is 1. The van der Waals surface area contributed by atoms with Crippen molar-refractivity contribution in [3.05, 3.63) is 0 Å². The molecular weight excluding hydrogens is 180 g/mol. The molecule has 2 bridgehead atoms. The second kappa shape index (κ2) is 3.87. The minimum atomic E-state index is 0.131. The third-order valence-corrected chi connectivity index (χ3v) is 3.33. The van der Waals surface area contributed by atoms with E-state index in [1.165, 1.54) is 0 Å². The molecule has 4 heteroatoms. The number of ether oxygens (including phenoxy) is 1. The maximum absolute atomic E-state index is 11.7. The molecule has 2 unspecified atom stereocenters. The summed E-state index contributed by atoms with van der Waals surface area (Å²) in [5.74, 6) is 0.131. The standard InChI is InChI=1S/C10H18N2O2/c1-14-6-10(13)12-8-2-3-9(12)5-7(11)4-8/h7-9H,2-6,11H2,1H3. The molecule has 0 aromatic rings. The number of carbonyl (C=O) groups excluding carboxylic acids is 1. The van der Waals surface area contributed by atoms with E-state index in [1.807, 2.05) is 4.90 Å². The van der Waals surface area contributed by atoms with Gasteiger partial charge in [0.25, 0.3) is 0 Å². The van der Waals surface area contributed by atoms with E-state index in [9.17, 15) is 4.79 Å². The van der Waals surface area contributed by atoms with Gasteiger partial charge in [-0.05, 0) is 25.7 Å². The van der Waals surface area contributed by atoms with Crippen molar-refractivity contribution in [1.29, 1.82) is 0 Å². The van der Waals surface area contributed by atoms with Crippen LogP contribution in [0.4, 0.5) is 0 Å². The average Bonchev–Trinajstić information content (AvgIpc) is 2.39. The van der Waals surface area contributed by atoms with Gasteiger partial charge >= 0.3 is 0 Å². The smallest absolute Gasteiger partial charge is 0.249 e. The number of methoxy groups -OCH3 is 1. The number of amides is 1. The Morgan fingerprint density at radius 3 is 2.50 bits per heavy atom. The lowest BCUT2D eigenvalue weighted by atomic mass is 9.98. The molecule has 2 aliphatic rings. The van der Waals surface area contributed by atoms with Crippen molar-refractivity contribution in [3.8, 4) is 0 Å². The summed E-state index contributed by atoms with van der Waals surface area (Å²) in [7, 11) is 1.56. The van der Waals surface area contributed by atoms with Crippen molar-refractivity contribution < 1.29 is 9.53 Å². The molecule has 0 aromatic heterocycles. The molecule has 0 aliphatic carbocycles. The van der Waals surface area contributed by atoms with E-state index >= 15 is 0 Å². The lowest BCUT2D eigenvalue weighted by Gasteiger charge is -2.37. The Hall–Kier alpha value is -0.610. The fraction of sp³-hybridized carbons (Fsp3) is 0.900. The molecule has 2 heterocycles. The van der Waals surface area contributed by atoms with Gasteiger partial charge in [0.15, 0.2) is 0 Å². The van der Waals surface area contributed by atoms with Crippen LogP contribution in [0.25, 0.3) is 0 Å². The normalized spacial score (nSPS) is 36.1. The highest BCUT2D eigenvalue weighted by molar-refractivity contribution is 5.78. The number of hydrogen-bond acceptors (Lipinski definition) is 3. The summed E-state index contributed by atoms with van der Waals surface area (Å²) < 4.78 is 4.89. The zero-order chi connectivity index (χ0) is 10.1. The van der Waals surface area contributed by atoms with Gasteiger partial charge in [-0.1, -0.05) is 0 Å². The molecule has 2 rings (SSSR count). The molecule has 2 atom stereocenters. The van der Waals surface area contributed by atoms with Gasteiger partial charge in [0, 0.05) is 25.2 Å². The topological polar surface area (TPSA) is 55.6 Å². The molecule has 4 nitrogen and oxygen atoms in total. The first-order valence-corrected chi connectivity index (χ1v) is 5.28. The lowest BCUT2D eigenvalue weighted by Crippen LogP contribution is -2.51. The third kappa shape index (κ3) is 1.64. The zero-order valence-electron chi connectivity index (χ0n) is 8.61. The first-order chi connectivity index (χ1) is 6.72. The first-order valence-electron chi connectivity index (χ1n) is 5.28. The predicted molar refractivity (Wildman–Crippen MR) is 52.7 cm³/mol. The van der Waals surface area contributed by atoms with Crippen LogP contribution in [0.15, 0.2) is 0 Å². The van der Waals surface area contributed by atoms with Gasteiger partial charge in [-0.25, -0.2) is 0 Å². The van der Waals surface area contributed by atoms with Gasteiger partial charge < -0.3 is 15.4 Å². The maximum atomic E-state index is 11.7. The minimum absolute atomic E-state index is 0.131. The molecule has 0 saturated carbocycles. The van der Waals surface area contributed by atoms with E-state index in [2.05, 4.69) is 0 Å². The SMILES string of the molecule is COCC(=O)N1C2CCC1CC(N)C2. The Kier molecular flexibility index (Phi) is 2.74. The molecule has 1 amide bonds. The van der Waals surface area contributed by atoms with Crippen molar-refractivity contribution >= 4 is 5.91 Å². The Morgan fingerprint density at radius 1 is 1.43 bits per heavy atom. The van der Waals surface area contributed by atoms with Crippen LogP contribution in [0, 0.1) is 0 Å². The summed E-state index contributed by atoms with van der Waals surface area (Å²) in [5.41, 5.74) is 5.92. The Morgan fingerprint density at radius 2 is 2.00 bits per heavy atom. The average molecular weight is 198 g/mol. The quantitative estimate of drug-likeness (QED) is 0.685. The van der Waals surface area contributed by atoms with Crippen molar-refractivity contribution in [3.63, 3.8) is 0 Å². The van der Waals surface area contributed by atoms with Crippen LogP contribution in [-0.2, 0) is 9.53 Å². The fourth-order valence-electron chi connectivity index (χ4n) is 2.82. The highest BCUT2D eigenvalue weighted by Crippen LogP contribution is 2.34. The first kappa shape index (κ1) is 9.93. The van der Waals surface area contributed by atoms with Crippen molar-refractivity contribution in [2.75, 3.05) is 13.7 Å². The number of fused-ring (bicyclic) bond motifs is 2. The number of carbonyl (C=O) groups is 1. The molecule has 14 heavy (non-hydrogen) atoms. The molecular formula is C10H18N2O2. The van der Waals surface area contributed by atoms with E-state index in [0.717, 1.165) is 25.7 Å². The Bertz CT molecular complexity index is 218. The van der Waals surface area contributed by atoms with Crippen LogP contribution in [0.2, 0.25) is 0 Å². The van der Waals surface area contributed by atoms with Crippen LogP contribution >= 0.6 is 0 Å². The third-order valence-electron chi connectivity index (χ3n) is 3.33. The number of hydrogen-bond donors (Lipinski definition) is 1. The Balaban J connectivity index is 2.03. The van der Waals surface area contributed by atoms with Crippen molar-refractivity contribution in [1.82, 2.24) is 4.90 Å². The van der Waals surface area contributed by atoms with Gasteiger partial charge in [-0.3, -0.25) is 4.79 Å². The van der Waals surface area contributed by atoms with Gasteiger partial charge in [-0.15, -0.1) is 0 Å². The molecule has 2 aliphatic heterocycles. The maximum Gasteiger partial charge on any atom is 0.249 e. The number of rotatable bonds is 2. The van der Waals surface area contributed by atoms with Gasteiger partial charge in [0.2, 0.25) is 5.91 Å². The molecule has 2 fully saturated rings. The van der Waals surface area contributed by atoms with Gasteiger partial charge in [0.1, 0.15) is 6.61 Å². The predicted octanol–water partition coefficient (Wildman–Crippen LogP) is 0.113. The van der Waals surface area contributed by atoms with Crippen LogP contribution in [0.3, 0.4) is 0 Å². The monoisotopic (exact) mass is 198 g/mol. The zero-order valence-corrected chi connectivity index (χ0v) is 8.61. The number of piperidine rings is 1. The molecule has 2 N–H and O–H groups in total. The van der Waals surface area contributed by atoms with Crippen LogP contribution in [0.5, 0.6) is 0 Å². The van der Waals surface area contributed by atoms with E-state index in [4.69, 9.17) is 10.5 Å². The molecule has 0 spiro atoms. The van der Waals surface area contributed by atoms with E-state index in [0.29, 0.717) is 18.1 Å². The molecule has 80 valence electrons. The van der Waals surface area contributed by atoms with E-state index in [1.54, 1.807) is 7.11 Å². The molecule has 0 aromatic carbocycles. The van der Waals surface area contributed by atoms with Crippen LogP contribution in [-0.4, -0.2) is 42.6 Å². The fourth-order valence-corrected chi connectivity index (χ4v) is 2.82. The summed E-state index contributed by atoms with van der Waals surface area (Å²) in [4.78, 5) is 13.7. The molecule has 2 saturated heterocycles. The summed E-state index contributed by atoms with van der Waals surface area (Å²) >= 11 is 0. The molecule has 0 radical (unpaired) electrons. The van der Waals surface area contributed by atoms with Crippen LogP contribution < -0.4 is 5.73 Å². The van der Waals surface area contributed by atoms with E-state index in [-0.39, 0.29) is 12.5 Å². The van der Waals surface area contributed by atoms with Crippen molar-refractivity contribution in [2.24, 2.45) is 5.73 Å². The number of nitrogens with zero attached hydrogens (tertiary/aromatic N) is 1. The second-order valence-corrected chi connectivity index (χ2v) is 4.35. The largest absolute Gasteiger partial charge is 0.375 e. The second-order valence-electron chi connectivity index (χ2n) is 4.35. The Labute approximate surface area is 84.4 Å².